The van der Waals surface area contributed by atoms with Crippen molar-refractivity contribution in [3.05, 3.63) is 0 Å². The first kappa shape index (κ1) is 12.3. The lowest BCUT2D eigenvalue weighted by Gasteiger charge is -2.28. The Morgan fingerprint density at radius 3 is 3.00 bits per heavy atom. The molecule has 3 fully saturated rings. The van der Waals surface area contributed by atoms with Crippen molar-refractivity contribution in [2.45, 2.75) is 38.1 Å². The fourth-order valence-corrected chi connectivity index (χ4v) is 4.27. The van der Waals surface area contributed by atoms with Gasteiger partial charge < -0.3 is 10.2 Å². The summed E-state index contributed by atoms with van der Waals surface area (Å²) in [4.78, 5) is 18.3. The second-order valence-electron chi connectivity index (χ2n) is 5.46. The van der Waals surface area contributed by atoms with Gasteiger partial charge in [0.1, 0.15) is 6.54 Å². The van der Waals surface area contributed by atoms with Crippen molar-refractivity contribution in [2.75, 3.05) is 25.4 Å². The van der Waals surface area contributed by atoms with Crippen molar-refractivity contribution in [3.63, 3.8) is 0 Å². The zero-order valence-corrected chi connectivity index (χ0v) is 11.5. The summed E-state index contributed by atoms with van der Waals surface area (Å²) in [6.07, 6.45) is 6.26. The molecule has 0 aromatic carbocycles. The van der Waals surface area contributed by atoms with Crippen LogP contribution in [0.4, 0.5) is 0 Å². The number of aliphatic imine (C=N–C) groups is 1. The molecule has 3 rings (SSSR count). The Bertz CT molecular complexity index is 352. The van der Waals surface area contributed by atoms with Crippen LogP contribution in [-0.2, 0) is 4.79 Å². The van der Waals surface area contributed by atoms with Gasteiger partial charge in [-0.05, 0) is 31.6 Å². The first-order valence-corrected chi connectivity index (χ1v) is 8.03. The van der Waals surface area contributed by atoms with E-state index in [0.29, 0.717) is 12.6 Å². The van der Waals surface area contributed by atoms with Crippen LogP contribution in [0.2, 0.25) is 0 Å². The SMILES string of the molecule is O=C(CN=C1NC2CCCC2CS1)N1CCCC1. The van der Waals surface area contributed by atoms with Crippen molar-refractivity contribution in [3.8, 4) is 0 Å². The number of thioether (sulfide) groups is 1. The van der Waals surface area contributed by atoms with Gasteiger partial charge in [0.2, 0.25) is 5.91 Å². The molecular formula is C13H21N3OS. The average Bonchev–Trinajstić information content (AvgIpc) is 3.05. The van der Waals surface area contributed by atoms with E-state index >= 15 is 0 Å². The standard InChI is InChI=1S/C13H21N3OS/c17-12(16-6-1-2-7-16)8-14-13-15-11-5-3-4-10(11)9-18-13/h10-11H,1-9H2,(H,14,15). The van der Waals surface area contributed by atoms with E-state index in [9.17, 15) is 4.79 Å². The molecule has 3 aliphatic rings. The van der Waals surface area contributed by atoms with Crippen LogP contribution in [0, 0.1) is 5.92 Å². The van der Waals surface area contributed by atoms with Crippen LogP contribution < -0.4 is 5.32 Å². The third-order valence-electron chi connectivity index (χ3n) is 4.22. The predicted octanol–water partition coefficient (Wildman–Crippen LogP) is 1.47. The van der Waals surface area contributed by atoms with Gasteiger partial charge in [0.25, 0.3) is 0 Å². The minimum Gasteiger partial charge on any atom is -0.362 e. The molecule has 1 saturated carbocycles. The van der Waals surface area contributed by atoms with Gasteiger partial charge in [-0.3, -0.25) is 9.79 Å². The van der Waals surface area contributed by atoms with Gasteiger partial charge in [-0.2, -0.15) is 0 Å². The van der Waals surface area contributed by atoms with Crippen LogP contribution in [0.3, 0.4) is 0 Å². The Kier molecular flexibility index (Phi) is 3.77. The normalized spacial score (nSPS) is 33.6. The van der Waals surface area contributed by atoms with Gasteiger partial charge in [-0.25, -0.2) is 0 Å². The molecule has 2 heterocycles. The second kappa shape index (κ2) is 5.51. The minimum atomic E-state index is 0.191. The molecule has 2 aliphatic heterocycles. The van der Waals surface area contributed by atoms with Crippen molar-refractivity contribution in [2.24, 2.45) is 10.9 Å². The van der Waals surface area contributed by atoms with E-state index in [2.05, 4.69) is 10.3 Å². The summed E-state index contributed by atoms with van der Waals surface area (Å²) in [5.41, 5.74) is 0. The summed E-state index contributed by atoms with van der Waals surface area (Å²) in [5.74, 6) is 2.19. The number of rotatable bonds is 2. The number of likely N-dealkylation sites (tertiary alicyclic amines) is 1. The highest BCUT2D eigenvalue weighted by molar-refractivity contribution is 8.13. The van der Waals surface area contributed by atoms with E-state index in [1.54, 1.807) is 11.8 Å². The van der Waals surface area contributed by atoms with E-state index in [4.69, 9.17) is 0 Å². The highest BCUT2D eigenvalue weighted by Crippen LogP contribution is 2.32. The summed E-state index contributed by atoms with van der Waals surface area (Å²) in [5, 5.41) is 4.49. The van der Waals surface area contributed by atoms with Crippen molar-refractivity contribution in [1.29, 1.82) is 0 Å². The maximum atomic E-state index is 11.9. The van der Waals surface area contributed by atoms with Crippen molar-refractivity contribution >= 4 is 22.8 Å². The second-order valence-corrected chi connectivity index (χ2v) is 6.47. The topological polar surface area (TPSA) is 44.7 Å². The van der Waals surface area contributed by atoms with Gasteiger partial charge in [0.15, 0.2) is 5.17 Å². The van der Waals surface area contributed by atoms with Crippen LogP contribution in [0.5, 0.6) is 0 Å². The molecule has 18 heavy (non-hydrogen) atoms. The summed E-state index contributed by atoms with van der Waals surface area (Å²) >= 11 is 1.79. The molecule has 2 saturated heterocycles. The first-order valence-electron chi connectivity index (χ1n) is 7.04. The maximum absolute atomic E-state index is 11.9. The summed E-state index contributed by atoms with van der Waals surface area (Å²) < 4.78 is 0. The van der Waals surface area contributed by atoms with E-state index in [1.165, 1.54) is 25.0 Å². The number of amides is 1. The molecule has 5 heteroatoms. The third-order valence-corrected chi connectivity index (χ3v) is 5.33. The molecule has 1 aliphatic carbocycles. The Hall–Kier alpha value is -0.710. The molecule has 1 amide bonds. The number of nitrogens with one attached hydrogen (secondary N) is 1. The predicted molar refractivity (Wildman–Crippen MR) is 74.8 cm³/mol. The maximum Gasteiger partial charge on any atom is 0.244 e. The molecule has 100 valence electrons. The fraction of sp³-hybridized carbons (Fsp3) is 0.846. The molecule has 0 bridgehead atoms. The first-order chi connectivity index (χ1) is 8.83. The number of amidine groups is 1. The largest absolute Gasteiger partial charge is 0.362 e. The number of nitrogens with zero attached hydrogens (tertiary/aromatic N) is 2. The molecule has 0 radical (unpaired) electrons. The lowest BCUT2D eigenvalue weighted by atomic mass is 10.1. The van der Waals surface area contributed by atoms with E-state index in [0.717, 1.165) is 37.0 Å². The fourth-order valence-electron chi connectivity index (χ4n) is 3.11. The molecule has 0 spiro atoms. The van der Waals surface area contributed by atoms with E-state index in [1.807, 2.05) is 4.90 Å². The van der Waals surface area contributed by atoms with E-state index < -0.39 is 0 Å². The Labute approximate surface area is 113 Å². The quantitative estimate of drug-likeness (QED) is 0.824. The van der Waals surface area contributed by atoms with Crippen LogP contribution in [0.25, 0.3) is 0 Å². The summed E-state index contributed by atoms with van der Waals surface area (Å²) in [6, 6.07) is 0.617. The molecule has 4 nitrogen and oxygen atoms in total. The Balaban J connectivity index is 1.51. The smallest absolute Gasteiger partial charge is 0.244 e. The lowest BCUT2D eigenvalue weighted by Crippen LogP contribution is -2.42. The van der Waals surface area contributed by atoms with Gasteiger partial charge in [0.05, 0.1) is 0 Å². The Morgan fingerprint density at radius 1 is 1.33 bits per heavy atom. The molecule has 0 aromatic heterocycles. The van der Waals surface area contributed by atoms with Gasteiger partial charge in [0, 0.05) is 24.9 Å². The highest BCUT2D eigenvalue weighted by Gasteiger charge is 2.32. The molecule has 2 unspecified atom stereocenters. The van der Waals surface area contributed by atoms with Crippen molar-refractivity contribution < 1.29 is 4.79 Å². The lowest BCUT2D eigenvalue weighted by molar-refractivity contribution is -0.128. The Morgan fingerprint density at radius 2 is 2.17 bits per heavy atom. The van der Waals surface area contributed by atoms with Gasteiger partial charge >= 0.3 is 0 Å². The van der Waals surface area contributed by atoms with Crippen LogP contribution in [-0.4, -0.2) is 47.4 Å². The molecular weight excluding hydrogens is 246 g/mol. The molecule has 0 aromatic rings. The highest BCUT2D eigenvalue weighted by atomic mass is 32.2. The van der Waals surface area contributed by atoms with Crippen molar-refractivity contribution in [1.82, 2.24) is 10.2 Å². The van der Waals surface area contributed by atoms with Crippen LogP contribution in [0.15, 0.2) is 4.99 Å². The molecule has 1 N–H and O–H groups in total. The van der Waals surface area contributed by atoms with Gasteiger partial charge in [-0.1, -0.05) is 18.2 Å². The van der Waals surface area contributed by atoms with E-state index in [-0.39, 0.29) is 5.91 Å². The average molecular weight is 267 g/mol. The number of carbonyl (C=O) groups is 1. The van der Waals surface area contributed by atoms with Crippen LogP contribution in [0.1, 0.15) is 32.1 Å². The van der Waals surface area contributed by atoms with Gasteiger partial charge in [-0.15, -0.1) is 0 Å². The zero-order valence-electron chi connectivity index (χ0n) is 10.7. The third kappa shape index (κ3) is 2.66. The zero-order chi connectivity index (χ0) is 12.4. The molecule has 2 atom stereocenters. The summed E-state index contributed by atoms with van der Waals surface area (Å²) in [6.45, 7) is 2.18. The van der Waals surface area contributed by atoms with Crippen LogP contribution >= 0.6 is 11.8 Å². The number of hydrogen-bond donors (Lipinski definition) is 1. The number of hydrogen-bond acceptors (Lipinski definition) is 3. The summed E-state index contributed by atoms with van der Waals surface area (Å²) in [7, 11) is 0. The number of carbonyl (C=O) groups excluding carboxylic acids is 1. The minimum absolute atomic E-state index is 0.191. The monoisotopic (exact) mass is 267 g/mol. The number of fused-ring (bicyclic) bond motifs is 1.